The molecular formula is C27H25BrN2O3. The number of hydrogen-bond donors (Lipinski definition) is 1. The van der Waals surface area contributed by atoms with Gasteiger partial charge in [-0.1, -0.05) is 42.0 Å². The van der Waals surface area contributed by atoms with E-state index in [0.717, 1.165) is 16.7 Å². The summed E-state index contributed by atoms with van der Waals surface area (Å²) in [5, 5.41) is 12.3. The second kappa shape index (κ2) is 11.3. The number of nitrogens with zero attached hydrogens (tertiary/aromatic N) is 1. The molecule has 0 saturated heterocycles. The van der Waals surface area contributed by atoms with Gasteiger partial charge in [0.1, 0.15) is 18.2 Å². The maximum Gasteiger partial charge on any atom is 0.266 e. The lowest BCUT2D eigenvalue weighted by Crippen LogP contribution is -2.13. The fraction of sp³-hybridized carbons (Fsp3) is 0.185. The summed E-state index contributed by atoms with van der Waals surface area (Å²) < 4.78 is 12.5. The number of benzene rings is 3. The van der Waals surface area contributed by atoms with Gasteiger partial charge in [-0.3, -0.25) is 4.79 Å². The van der Waals surface area contributed by atoms with Crippen LogP contribution in [-0.2, 0) is 11.4 Å². The first-order valence-electron chi connectivity index (χ1n) is 10.5. The molecule has 0 unspecified atom stereocenters. The molecule has 0 fully saturated rings. The van der Waals surface area contributed by atoms with Gasteiger partial charge in [-0.2, -0.15) is 5.26 Å². The molecule has 1 amide bonds. The van der Waals surface area contributed by atoms with Crippen LogP contribution in [0.4, 0.5) is 5.69 Å². The van der Waals surface area contributed by atoms with Crippen molar-refractivity contribution in [2.45, 2.75) is 27.4 Å². The van der Waals surface area contributed by atoms with E-state index in [0.29, 0.717) is 40.4 Å². The first kappa shape index (κ1) is 24.1. The number of anilines is 1. The molecule has 3 aromatic carbocycles. The highest BCUT2D eigenvalue weighted by molar-refractivity contribution is 9.10. The summed E-state index contributed by atoms with van der Waals surface area (Å²) in [5.41, 5.74) is 4.49. The fourth-order valence-corrected chi connectivity index (χ4v) is 3.84. The number of halogens is 1. The Hall–Kier alpha value is -3.56. The second-order valence-electron chi connectivity index (χ2n) is 7.53. The molecule has 0 atom stereocenters. The van der Waals surface area contributed by atoms with Crippen molar-refractivity contribution in [1.29, 1.82) is 5.26 Å². The van der Waals surface area contributed by atoms with Gasteiger partial charge < -0.3 is 14.8 Å². The zero-order valence-corrected chi connectivity index (χ0v) is 20.4. The smallest absolute Gasteiger partial charge is 0.266 e. The number of nitrogens with one attached hydrogen (secondary N) is 1. The quantitative estimate of drug-likeness (QED) is 0.277. The molecule has 1 N–H and O–H groups in total. The third-order valence-electron chi connectivity index (χ3n) is 4.75. The number of carbonyl (C=O) groups excluding carboxylic acids is 1. The van der Waals surface area contributed by atoms with Gasteiger partial charge in [0.2, 0.25) is 0 Å². The molecule has 5 nitrogen and oxygen atoms in total. The average Bonchev–Trinajstić information content (AvgIpc) is 2.77. The summed E-state index contributed by atoms with van der Waals surface area (Å²) in [6.07, 6.45) is 1.53. The normalized spacial score (nSPS) is 10.9. The van der Waals surface area contributed by atoms with E-state index >= 15 is 0 Å². The molecule has 0 radical (unpaired) electrons. The predicted molar refractivity (Wildman–Crippen MR) is 134 cm³/mol. The van der Waals surface area contributed by atoms with Crippen molar-refractivity contribution in [3.8, 4) is 17.6 Å². The average molecular weight is 505 g/mol. The summed E-state index contributed by atoms with van der Waals surface area (Å²) in [7, 11) is 0. The van der Waals surface area contributed by atoms with Crippen molar-refractivity contribution in [2.75, 3.05) is 11.9 Å². The van der Waals surface area contributed by atoms with Crippen LogP contribution in [0.5, 0.6) is 11.5 Å². The fourth-order valence-electron chi connectivity index (χ4n) is 3.27. The standard InChI is InChI=1S/C27H25BrN2O3/c1-4-32-25-15-21(13-22(16-29)27(31)30-23-10-6-8-19(3)12-23)14-24(28)26(25)33-17-20-9-5-7-18(2)11-20/h5-15H,4,17H2,1-3H3,(H,30,31)/b22-13+. The minimum atomic E-state index is -0.475. The molecule has 33 heavy (non-hydrogen) atoms. The van der Waals surface area contributed by atoms with E-state index in [4.69, 9.17) is 9.47 Å². The lowest BCUT2D eigenvalue weighted by atomic mass is 10.1. The molecule has 0 aliphatic rings. The van der Waals surface area contributed by atoms with Gasteiger partial charge in [-0.25, -0.2) is 0 Å². The molecule has 0 saturated carbocycles. The SMILES string of the molecule is CCOc1cc(/C=C(\C#N)C(=O)Nc2cccc(C)c2)cc(Br)c1OCc1cccc(C)c1. The van der Waals surface area contributed by atoms with E-state index < -0.39 is 5.91 Å². The summed E-state index contributed by atoms with van der Waals surface area (Å²) in [5.74, 6) is 0.623. The van der Waals surface area contributed by atoms with Crippen molar-refractivity contribution in [3.05, 3.63) is 93.0 Å². The number of amides is 1. The minimum Gasteiger partial charge on any atom is -0.490 e. The predicted octanol–water partition coefficient (Wildman–Crippen LogP) is 6.59. The molecule has 0 spiro atoms. The molecule has 0 aliphatic heterocycles. The molecular weight excluding hydrogens is 480 g/mol. The van der Waals surface area contributed by atoms with Crippen LogP contribution in [0.25, 0.3) is 6.08 Å². The summed E-state index contributed by atoms with van der Waals surface area (Å²) in [4.78, 5) is 12.6. The van der Waals surface area contributed by atoms with Gasteiger partial charge in [0.05, 0.1) is 11.1 Å². The number of nitriles is 1. The summed E-state index contributed by atoms with van der Waals surface area (Å²) >= 11 is 3.55. The Bertz CT molecular complexity index is 1230. The van der Waals surface area contributed by atoms with Crippen molar-refractivity contribution in [3.63, 3.8) is 0 Å². The van der Waals surface area contributed by atoms with Gasteiger partial charge in [-0.05, 0) is 83.7 Å². The third-order valence-corrected chi connectivity index (χ3v) is 5.34. The van der Waals surface area contributed by atoms with Gasteiger partial charge in [-0.15, -0.1) is 0 Å². The Kier molecular flexibility index (Phi) is 8.28. The Balaban J connectivity index is 1.85. The van der Waals surface area contributed by atoms with Crippen LogP contribution in [0.15, 0.2) is 70.7 Å². The maximum atomic E-state index is 12.6. The van der Waals surface area contributed by atoms with Crippen LogP contribution >= 0.6 is 15.9 Å². The Morgan fingerprint density at radius 3 is 2.45 bits per heavy atom. The van der Waals surface area contributed by atoms with Crippen LogP contribution in [0.1, 0.15) is 29.2 Å². The molecule has 3 aromatic rings. The van der Waals surface area contributed by atoms with Crippen LogP contribution < -0.4 is 14.8 Å². The number of aryl methyl sites for hydroxylation is 2. The summed E-state index contributed by atoms with van der Waals surface area (Å²) in [6, 6.07) is 21.1. The molecule has 0 aromatic heterocycles. The van der Waals surface area contributed by atoms with Crippen LogP contribution in [0.2, 0.25) is 0 Å². The molecule has 6 heteroatoms. The highest BCUT2D eigenvalue weighted by atomic mass is 79.9. The number of carbonyl (C=O) groups is 1. The Labute approximate surface area is 202 Å². The number of ether oxygens (including phenoxy) is 2. The zero-order chi connectivity index (χ0) is 23.8. The Morgan fingerprint density at radius 2 is 1.79 bits per heavy atom. The van der Waals surface area contributed by atoms with Crippen molar-refractivity contribution in [2.24, 2.45) is 0 Å². The molecule has 0 heterocycles. The van der Waals surface area contributed by atoms with Crippen LogP contribution in [0.3, 0.4) is 0 Å². The van der Waals surface area contributed by atoms with Crippen molar-refractivity contribution >= 4 is 33.6 Å². The lowest BCUT2D eigenvalue weighted by molar-refractivity contribution is -0.112. The van der Waals surface area contributed by atoms with Gasteiger partial charge in [0, 0.05) is 5.69 Å². The monoisotopic (exact) mass is 504 g/mol. The third kappa shape index (κ3) is 6.71. The van der Waals surface area contributed by atoms with E-state index in [-0.39, 0.29) is 5.57 Å². The van der Waals surface area contributed by atoms with E-state index in [1.807, 2.05) is 63.2 Å². The van der Waals surface area contributed by atoms with Crippen LogP contribution in [0, 0.1) is 25.2 Å². The molecule has 0 bridgehead atoms. The number of hydrogen-bond acceptors (Lipinski definition) is 4. The molecule has 3 rings (SSSR count). The largest absolute Gasteiger partial charge is 0.490 e. The van der Waals surface area contributed by atoms with E-state index in [2.05, 4.69) is 27.3 Å². The molecule has 0 aliphatic carbocycles. The Morgan fingerprint density at radius 1 is 1.06 bits per heavy atom. The number of rotatable bonds is 8. The van der Waals surface area contributed by atoms with Crippen molar-refractivity contribution < 1.29 is 14.3 Å². The highest BCUT2D eigenvalue weighted by Crippen LogP contribution is 2.38. The van der Waals surface area contributed by atoms with E-state index in [1.54, 1.807) is 18.2 Å². The van der Waals surface area contributed by atoms with Crippen molar-refractivity contribution in [1.82, 2.24) is 0 Å². The lowest BCUT2D eigenvalue weighted by Gasteiger charge is -2.15. The molecule has 168 valence electrons. The van der Waals surface area contributed by atoms with Crippen LogP contribution in [-0.4, -0.2) is 12.5 Å². The van der Waals surface area contributed by atoms with Gasteiger partial charge >= 0.3 is 0 Å². The van der Waals surface area contributed by atoms with Gasteiger partial charge in [0.25, 0.3) is 5.91 Å². The first-order valence-corrected chi connectivity index (χ1v) is 11.3. The second-order valence-corrected chi connectivity index (χ2v) is 8.39. The maximum absolute atomic E-state index is 12.6. The van der Waals surface area contributed by atoms with Gasteiger partial charge in [0.15, 0.2) is 11.5 Å². The van der Waals surface area contributed by atoms with E-state index in [9.17, 15) is 10.1 Å². The van der Waals surface area contributed by atoms with E-state index in [1.165, 1.54) is 6.08 Å². The first-order chi connectivity index (χ1) is 15.9. The topological polar surface area (TPSA) is 71.3 Å². The minimum absolute atomic E-state index is 0.0146. The zero-order valence-electron chi connectivity index (χ0n) is 18.8. The summed E-state index contributed by atoms with van der Waals surface area (Å²) in [6.45, 7) is 6.69. The highest BCUT2D eigenvalue weighted by Gasteiger charge is 2.15.